The Morgan fingerprint density at radius 3 is 2.66 bits per heavy atom. The monoisotopic (exact) mass is 497 g/mol. The summed E-state index contributed by atoms with van der Waals surface area (Å²) in [6.45, 7) is 6.70. The molecule has 32 heavy (non-hydrogen) atoms. The lowest BCUT2D eigenvalue weighted by atomic mass is 10.2. The van der Waals surface area contributed by atoms with Crippen molar-refractivity contribution < 1.29 is 13.9 Å². The molecule has 9 heteroatoms. The van der Waals surface area contributed by atoms with Crippen molar-refractivity contribution in [1.29, 1.82) is 0 Å². The molecule has 4 rings (SSSR count). The molecule has 0 spiro atoms. The zero-order valence-corrected chi connectivity index (χ0v) is 19.7. The standard InChI is InChI=1S/C23H24BrN5O3/c1-4-17-5-7-19(8-6-17)31-14-28-12-18(11-25-28)26-23(30)21-10-9-20(32-21)13-29-16(3)22(24)15(2)27-29/h5-12H,4,13-14H2,1-3H3,(H,26,30). The minimum absolute atomic E-state index is 0.223. The molecule has 1 amide bonds. The fraction of sp³-hybridized carbons (Fsp3) is 0.261. The number of rotatable bonds is 8. The van der Waals surface area contributed by atoms with Crippen LogP contribution in [0.3, 0.4) is 0 Å². The number of benzene rings is 1. The highest BCUT2D eigenvalue weighted by Crippen LogP contribution is 2.21. The average molecular weight is 498 g/mol. The van der Waals surface area contributed by atoms with Crippen molar-refractivity contribution in [2.75, 3.05) is 5.32 Å². The average Bonchev–Trinajstić information content (AvgIpc) is 3.50. The Balaban J connectivity index is 1.33. The molecule has 0 aliphatic carbocycles. The van der Waals surface area contributed by atoms with E-state index in [1.165, 1.54) is 5.56 Å². The van der Waals surface area contributed by atoms with E-state index in [4.69, 9.17) is 9.15 Å². The molecule has 8 nitrogen and oxygen atoms in total. The maximum absolute atomic E-state index is 12.6. The van der Waals surface area contributed by atoms with Gasteiger partial charge in [0.2, 0.25) is 0 Å². The minimum atomic E-state index is -0.346. The number of nitrogens with zero attached hydrogens (tertiary/aromatic N) is 4. The third-order valence-electron chi connectivity index (χ3n) is 5.07. The van der Waals surface area contributed by atoms with Gasteiger partial charge in [0.1, 0.15) is 11.5 Å². The first-order valence-electron chi connectivity index (χ1n) is 10.3. The fourth-order valence-electron chi connectivity index (χ4n) is 3.22. The van der Waals surface area contributed by atoms with Crippen LogP contribution in [0.5, 0.6) is 5.75 Å². The molecule has 0 atom stereocenters. The van der Waals surface area contributed by atoms with Gasteiger partial charge in [0, 0.05) is 0 Å². The SMILES string of the molecule is CCc1ccc(OCn2cc(NC(=O)c3ccc(Cn4nc(C)c(Br)c4C)o3)cn2)cc1. The molecule has 0 fully saturated rings. The molecular formula is C23H24BrN5O3. The maximum Gasteiger partial charge on any atom is 0.291 e. The lowest BCUT2D eigenvalue weighted by molar-refractivity contribution is 0.0994. The van der Waals surface area contributed by atoms with Crippen LogP contribution in [0.4, 0.5) is 5.69 Å². The molecule has 3 heterocycles. The largest absolute Gasteiger partial charge is 0.471 e. The third kappa shape index (κ3) is 4.94. The van der Waals surface area contributed by atoms with Crippen molar-refractivity contribution in [3.05, 3.63) is 81.7 Å². The maximum atomic E-state index is 12.6. The molecule has 1 aromatic carbocycles. The van der Waals surface area contributed by atoms with E-state index in [1.54, 1.807) is 29.2 Å². The molecule has 166 valence electrons. The molecule has 0 bridgehead atoms. The van der Waals surface area contributed by atoms with Crippen LogP contribution in [0.15, 0.2) is 57.7 Å². The van der Waals surface area contributed by atoms with Gasteiger partial charge in [-0.3, -0.25) is 9.48 Å². The van der Waals surface area contributed by atoms with Gasteiger partial charge in [-0.15, -0.1) is 0 Å². The predicted octanol–water partition coefficient (Wildman–Crippen LogP) is 4.95. The van der Waals surface area contributed by atoms with Crippen LogP contribution < -0.4 is 10.1 Å². The Kier molecular flexibility index (Phi) is 6.45. The fourth-order valence-corrected chi connectivity index (χ4v) is 3.50. The molecule has 0 aliphatic heterocycles. The highest BCUT2D eigenvalue weighted by Gasteiger charge is 2.15. The Morgan fingerprint density at radius 2 is 1.97 bits per heavy atom. The molecule has 0 unspecified atom stereocenters. The summed E-state index contributed by atoms with van der Waals surface area (Å²) < 4.78 is 15.9. The van der Waals surface area contributed by atoms with E-state index in [2.05, 4.69) is 38.4 Å². The third-order valence-corrected chi connectivity index (χ3v) is 6.22. The number of amides is 1. The number of hydrogen-bond acceptors (Lipinski definition) is 5. The van der Waals surface area contributed by atoms with Crippen molar-refractivity contribution >= 4 is 27.5 Å². The van der Waals surface area contributed by atoms with Crippen LogP contribution in [0.25, 0.3) is 0 Å². The van der Waals surface area contributed by atoms with Gasteiger partial charge in [0.05, 0.1) is 40.5 Å². The minimum Gasteiger partial charge on any atom is -0.471 e. The Morgan fingerprint density at radius 1 is 1.19 bits per heavy atom. The van der Waals surface area contributed by atoms with Gasteiger partial charge >= 0.3 is 0 Å². The summed E-state index contributed by atoms with van der Waals surface area (Å²) in [4.78, 5) is 12.6. The number of aryl methyl sites for hydroxylation is 2. The topological polar surface area (TPSA) is 87.1 Å². The first kappa shape index (κ1) is 21.9. The number of carbonyl (C=O) groups excluding carboxylic acids is 1. The van der Waals surface area contributed by atoms with E-state index in [0.29, 0.717) is 18.0 Å². The number of carbonyl (C=O) groups is 1. The number of nitrogens with one attached hydrogen (secondary N) is 1. The summed E-state index contributed by atoms with van der Waals surface area (Å²) in [7, 11) is 0. The molecule has 0 saturated carbocycles. The lowest BCUT2D eigenvalue weighted by Crippen LogP contribution is -2.10. The second-order valence-corrected chi connectivity index (χ2v) is 8.19. The zero-order chi connectivity index (χ0) is 22.7. The summed E-state index contributed by atoms with van der Waals surface area (Å²) in [5.74, 6) is 1.29. The van der Waals surface area contributed by atoms with Crippen LogP contribution in [-0.4, -0.2) is 25.5 Å². The summed E-state index contributed by atoms with van der Waals surface area (Å²) in [6, 6.07) is 11.4. The van der Waals surface area contributed by atoms with Crippen LogP contribution in [0.1, 0.15) is 40.2 Å². The van der Waals surface area contributed by atoms with Crippen LogP contribution in [0.2, 0.25) is 0 Å². The first-order valence-corrected chi connectivity index (χ1v) is 11.1. The Bertz CT molecular complexity index is 1220. The zero-order valence-electron chi connectivity index (χ0n) is 18.1. The molecule has 0 radical (unpaired) electrons. The van der Waals surface area contributed by atoms with Gasteiger partial charge < -0.3 is 14.5 Å². The van der Waals surface area contributed by atoms with Crippen molar-refractivity contribution in [2.24, 2.45) is 0 Å². The highest BCUT2D eigenvalue weighted by atomic mass is 79.9. The quantitative estimate of drug-likeness (QED) is 0.372. The summed E-state index contributed by atoms with van der Waals surface area (Å²) in [5.41, 5.74) is 3.72. The van der Waals surface area contributed by atoms with Crippen LogP contribution in [-0.2, 0) is 19.7 Å². The number of halogens is 1. The highest BCUT2D eigenvalue weighted by molar-refractivity contribution is 9.10. The van der Waals surface area contributed by atoms with Gasteiger partial charge in [-0.2, -0.15) is 10.2 Å². The second-order valence-electron chi connectivity index (χ2n) is 7.40. The molecule has 1 N–H and O–H groups in total. The van der Waals surface area contributed by atoms with E-state index in [1.807, 2.05) is 42.8 Å². The van der Waals surface area contributed by atoms with Gasteiger partial charge in [-0.1, -0.05) is 19.1 Å². The van der Waals surface area contributed by atoms with Crippen molar-refractivity contribution in [3.8, 4) is 5.75 Å². The number of hydrogen-bond donors (Lipinski definition) is 1. The summed E-state index contributed by atoms with van der Waals surface area (Å²) in [5, 5.41) is 11.5. The smallest absolute Gasteiger partial charge is 0.291 e. The van der Waals surface area contributed by atoms with Crippen molar-refractivity contribution in [2.45, 2.75) is 40.5 Å². The Labute approximate surface area is 194 Å². The van der Waals surface area contributed by atoms with Gasteiger partial charge in [0.25, 0.3) is 5.91 Å². The van der Waals surface area contributed by atoms with E-state index in [0.717, 1.165) is 28.0 Å². The number of furan rings is 1. The summed E-state index contributed by atoms with van der Waals surface area (Å²) in [6.07, 6.45) is 4.26. The number of anilines is 1. The molecular weight excluding hydrogens is 474 g/mol. The number of aromatic nitrogens is 4. The van der Waals surface area contributed by atoms with Crippen LogP contribution in [0, 0.1) is 13.8 Å². The second kappa shape index (κ2) is 9.44. The van der Waals surface area contributed by atoms with Crippen molar-refractivity contribution in [1.82, 2.24) is 19.6 Å². The van der Waals surface area contributed by atoms with Gasteiger partial charge in [-0.05, 0) is 66.0 Å². The molecule has 0 saturated heterocycles. The van der Waals surface area contributed by atoms with Crippen LogP contribution >= 0.6 is 15.9 Å². The van der Waals surface area contributed by atoms with Gasteiger partial charge in [0.15, 0.2) is 12.5 Å². The Hall–Kier alpha value is -3.33. The number of ether oxygens (including phenoxy) is 1. The van der Waals surface area contributed by atoms with E-state index in [-0.39, 0.29) is 18.4 Å². The van der Waals surface area contributed by atoms with E-state index in [9.17, 15) is 4.79 Å². The summed E-state index contributed by atoms with van der Waals surface area (Å²) >= 11 is 3.52. The van der Waals surface area contributed by atoms with E-state index < -0.39 is 0 Å². The van der Waals surface area contributed by atoms with Crippen molar-refractivity contribution in [3.63, 3.8) is 0 Å². The van der Waals surface area contributed by atoms with E-state index >= 15 is 0 Å². The molecule has 3 aromatic heterocycles. The first-order chi connectivity index (χ1) is 15.4. The molecule has 0 aliphatic rings. The molecule has 4 aromatic rings. The lowest BCUT2D eigenvalue weighted by Gasteiger charge is -2.06. The predicted molar refractivity (Wildman–Crippen MR) is 124 cm³/mol. The van der Waals surface area contributed by atoms with Gasteiger partial charge in [-0.25, -0.2) is 4.68 Å². The normalized spacial score (nSPS) is 11.0.